The molecule has 0 saturated carbocycles. The van der Waals surface area contributed by atoms with Gasteiger partial charge in [0.05, 0.1) is 12.6 Å². The summed E-state index contributed by atoms with van der Waals surface area (Å²) in [4.78, 5) is 11.7. The number of hydrogen-bond donors (Lipinski definition) is 0. The van der Waals surface area contributed by atoms with Gasteiger partial charge in [-0.05, 0) is 27.6 Å². The third-order valence-corrected chi connectivity index (χ3v) is 4.07. The molecule has 0 unspecified atom stereocenters. The summed E-state index contributed by atoms with van der Waals surface area (Å²) in [5, 5.41) is 5.69. The molecule has 17 heavy (non-hydrogen) atoms. The molecule has 0 saturated heterocycles. The van der Waals surface area contributed by atoms with Crippen LogP contribution in [0.15, 0.2) is 16.6 Å². The summed E-state index contributed by atoms with van der Waals surface area (Å²) in [5.41, 5.74) is 2.29. The van der Waals surface area contributed by atoms with Crippen molar-refractivity contribution in [1.29, 1.82) is 0 Å². The van der Waals surface area contributed by atoms with Crippen molar-refractivity contribution >= 4 is 48.7 Å². The van der Waals surface area contributed by atoms with Gasteiger partial charge in [-0.3, -0.25) is 4.68 Å². The Hall–Kier alpha value is -0.880. The summed E-state index contributed by atoms with van der Waals surface area (Å²) in [5.74, 6) is -0.428. The Bertz CT molecular complexity index is 593. The molecular formula is C11H10Br2N2O2. The summed E-state index contributed by atoms with van der Waals surface area (Å²) in [6, 6.07) is 3.93. The molecule has 0 bridgehead atoms. The molecule has 0 spiro atoms. The minimum Gasteiger partial charge on any atom is -0.464 e. The number of nitrogens with zero attached hydrogens (tertiary/aromatic N) is 2. The number of halogens is 2. The van der Waals surface area contributed by atoms with E-state index in [-0.39, 0.29) is 0 Å². The van der Waals surface area contributed by atoms with Gasteiger partial charge in [0.1, 0.15) is 0 Å². The highest BCUT2D eigenvalue weighted by Gasteiger charge is 2.20. The average Bonchev–Trinajstić information content (AvgIpc) is 2.67. The van der Waals surface area contributed by atoms with Crippen LogP contribution in [0.5, 0.6) is 0 Å². The zero-order valence-corrected chi connectivity index (χ0v) is 12.5. The van der Waals surface area contributed by atoms with Crippen LogP contribution in [0.4, 0.5) is 0 Å². The highest BCUT2D eigenvalue weighted by molar-refractivity contribution is 9.11. The van der Waals surface area contributed by atoms with Crippen molar-refractivity contribution in [2.75, 3.05) is 7.11 Å². The van der Waals surface area contributed by atoms with Crippen LogP contribution < -0.4 is 0 Å². The molecule has 90 valence electrons. The Morgan fingerprint density at radius 3 is 2.82 bits per heavy atom. The number of methoxy groups -OCH3 is 1. The van der Waals surface area contributed by atoms with Crippen molar-refractivity contribution in [3.63, 3.8) is 0 Å². The van der Waals surface area contributed by atoms with Crippen LogP contribution in [0.2, 0.25) is 0 Å². The fraction of sp³-hybridized carbons (Fsp3) is 0.273. The number of carbonyl (C=O) groups is 1. The van der Waals surface area contributed by atoms with Gasteiger partial charge >= 0.3 is 5.97 Å². The second-order valence-electron chi connectivity index (χ2n) is 3.53. The van der Waals surface area contributed by atoms with Gasteiger partial charge in [0, 0.05) is 22.2 Å². The van der Waals surface area contributed by atoms with Crippen LogP contribution in [-0.4, -0.2) is 22.9 Å². The predicted octanol–water partition coefficient (Wildman–Crippen LogP) is 3.02. The summed E-state index contributed by atoms with van der Waals surface area (Å²) < 4.78 is 7.29. The number of esters is 1. The third-order valence-electron chi connectivity index (χ3n) is 2.56. The Balaban J connectivity index is 2.81. The van der Waals surface area contributed by atoms with Gasteiger partial charge in [0.25, 0.3) is 0 Å². The van der Waals surface area contributed by atoms with E-state index in [1.165, 1.54) is 7.11 Å². The number of rotatable bonds is 2. The third kappa shape index (κ3) is 1.99. The number of fused-ring (bicyclic) bond motifs is 1. The van der Waals surface area contributed by atoms with Gasteiger partial charge < -0.3 is 4.74 Å². The molecule has 2 rings (SSSR count). The second-order valence-corrected chi connectivity index (χ2v) is 4.88. The highest BCUT2D eigenvalue weighted by atomic mass is 79.9. The molecular weight excluding hydrogens is 352 g/mol. The predicted molar refractivity (Wildman–Crippen MR) is 72.4 cm³/mol. The van der Waals surface area contributed by atoms with Crippen LogP contribution in [0.3, 0.4) is 0 Å². The molecule has 0 aliphatic carbocycles. The largest absolute Gasteiger partial charge is 0.464 e. The number of ether oxygens (including phenoxy) is 1. The monoisotopic (exact) mass is 360 g/mol. The maximum absolute atomic E-state index is 11.7. The van der Waals surface area contributed by atoms with E-state index >= 15 is 0 Å². The molecule has 0 amide bonds. The van der Waals surface area contributed by atoms with Gasteiger partial charge in [0.2, 0.25) is 0 Å². The van der Waals surface area contributed by atoms with Gasteiger partial charge in [-0.15, -0.1) is 0 Å². The van der Waals surface area contributed by atoms with E-state index in [9.17, 15) is 4.79 Å². The Morgan fingerprint density at radius 1 is 1.53 bits per heavy atom. The molecule has 0 radical (unpaired) electrons. The lowest BCUT2D eigenvalue weighted by atomic mass is 10.1. The first-order chi connectivity index (χ1) is 8.10. The first-order valence-electron chi connectivity index (χ1n) is 4.88. The lowest BCUT2D eigenvalue weighted by molar-refractivity contribution is 0.0595. The summed E-state index contributed by atoms with van der Waals surface area (Å²) >= 11 is 6.92. The van der Waals surface area contributed by atoms with E-state index in [1.54, 1.807) is 11.7 Å². The van der Waals surface area contributed by atoms with Crippen LogP contribution in [-0.2, 0) is 17.1 Å². The minimum absolute atomic E-state index is 0.333. The minimum atomic E-state index is -0.428. The van der Waals surface area contributed by atoms with Crippen molar-refractivity contribution in [1.82, 2.24) is 9.78 Å². The van der Waals surface area contributed by atoms with Crippen molar-refractivity contribution in [2.45, 2.75) is 5.33 Å². The number of carbonyl (C=O) groups excluding carboxylic acids is 1. The number of alkyl halides is 1. The SMILES string of the molecule is COC(=O)c1nn(C)c2ccc(CBr)c(Br)c12. The summed E-state index contributed by atoms with van der Waals surface area (Å²) in [6.45, 7) is 0. The van der Waals surface area contributed by atoms with E-state index in [4.69, 9.17) is 4.74 Å². The zero-order valence-electron chi connectivity index (χ0n) is 9.33. The molecule has 6 heteroatoms. The second kappa shape index (κ2) is 4.78. The number of aromatic nitrogens is 2. The molecule has 1 heterocycles. The summed E-state index contributed by atoms with van der Waals surface area (Å²) in [7, 11) is 3.15. The summed E-state index contributed by atoms with van der Waals surface area (Å²) in [6.07, 6.45) is 0. The van der Waals surface area contributed by atoms with Gasteiger partial charge in [0.15, 0.2) is 5.69 Å². The molecule has 0 atom stereocenters. The van der Waals surface area contributed by atoms with Crippen LogP contribution in [0.25, 0.3) is 10.9 Å². The Kier molecular flexibility index (Phi) is 3.53. The topological polar surface area (TPSA) is 44.1 Å². The quantitative estimate of drug-likeness (QED) is 0.610. The molecule has 0 aliphatic heterocycles. The smallest absolute Gasteiger partial charge is 0.359 e. The van der Waals surface area contributed by atoms with Gasteiger partial charge in [-0.25, -0.2) is 4.79 Å². The molecule has 0 N–H and O–H groups in total. The van der Waals surface area contributed by atoms with E-state index < -0.39 is 5.97 Å². The first kappa shape index (κ1) is 12.6. The van der Waals surface area contributed by atoms with E-state index in [0.717, 1.165) is 20.9 Å². The molecule has 2 aromatic rings. The number of hydrogen-bond acceptors (Lipinski definition) is 3. The Morgan fingerprint density at radius 2 is 2.24 bits per heavy atom. The number of aryl methyl sites for hydroxylation is 1. The fourth-order valence-corrected chi connectivity index (χ4v) is 3.21. The average molecular weight is 362 g/mol. The highest BCUT2D eigenvalue weighted by Crippen LogP contribution is 2.31. The molecule has 0 fully saturated rings. The van der Waals surface area contributed by atoms with Gasteiger partial charge in [-0.1, -0.05) is 22.0 Å². The fourth-order valence-electron chi connectivity index (χ4n) is 1.70. The number of benzene rings is 1. The van der Waals surface area contributed by atoms with E-state index in [2.05, 4.69) is 37.0 Å². The molecule has 1 aromatic heterocycles. The van der Waals surface area contributed by atoms with Crippen LogP contribution >= 0.6 is 31.9 Å². The maximum Gasteiger partial charge on any atom is 0.359 e. The molecule has 1 aromatic carbocycles. The van der Waals surface area contributed by atoms with Crippen molar-refractivity contribution < 1.29 is 9.53 Å². The maximum atomic E-state index is 11.7. The van der Waals surface area contributed by atoms with E-state index in [1.807, 2.05) is 12.1 Å². The first-order valence-corrected chi connectivity index (χ1v) is 6.80. The molecule has 0 aliphatic rings. The zero-order chi connectivity index (χ0) is 12.6. The van der Waals surface area contributed by atoms with Crippen molar-refractivity contribution in [3.8, 4) is 0 Å². The lowest BCUT2D eigenvalue weighted by Crippen LogP contribution is -2.03. The normalized spacial score (nSPS) is 10.8. The van der Waals surface area contributed by atoms with Gasteiger partial charge in [-0.2, -0.15) is 5.10 Å². The van der Waals surface area contributed by atoms with Crippen molar-refractivity contribution in [2.24, 2.45) is 7.05 Å². The molecule has 4 nitrogen and oxygen atoms in total. The standard InChI is InChI=1S/C11H10Br2N2O2/c1-15-7-4-3-6(5-12)9(13)8(7)10(14-15)11(16)17-2/h3-4H,5H2,1-2H3. The Labute approximate surface area is 115 Å². The van der Waals surface area contributed by atoms with Crippen LogP contribution in [0, 0.1) is 0 Å². The van der Waals surface area contributed by atoms with Crippen LogP contribution in [0.1, 0.15) is 16.1 Å². The lowest BCUT2D eigenvalue weighted by Gasteiger charge is -2.03. The van der Waals surface area contributed by atoms with Crippen molar-refractivity contribution in [3.05, 3.63) is 27.9 Å². The van der Waals surface area contributed by atoms with E-state index in [0.29, 0.717) is 11.0 Å².